The molecule has 2 N–H and O–H groups in total. The van der Waals surface area contributed by atoms with E-state index in [-0.39, 0.29) is 18.0 Å². The SMILES string of the molecule is CCN(C(=O)c1ccc(NC(=O)Nc2ccccc2)s1)C(C)c1ccc(C#N)cc1. The van der Waals surface area contributed by atoms with E-state index in [1.165, 1.54) is 11.3 Å². The molecule has 1 atom stereocenters. The predicted octanol–water partition coefficient (Wildman–Crippen LogP) is 5.49. The van der Waals surface area contributed by atoms with Crippen molar-refractivity contribution in [1.82, 2.24) is 4.90 Å². The van der Waals surface area contributed by atoms with Crippen LogP contribution in [-0.2, 0) is 0 Å². The van der Waals surface area contributed by atoms with Crippen LogP contribution in [0.2, 0.25) is 0 Å². The molecule has 1 heterocycles. The summed E-state index contributed by atoms with van der Waals surface area (Å²) in [4.78, 5) is 27.5. The molecule has 0 saturated carbocycles. The molecular formula is C23H22N4O2S. The van der Waals surface area contributed by atoms with Crippen molar-refractivity contribution in [2.75, 3.05) is 17.2 Å². The standard InChI is InChI=1S/C23H22N4O2S/c1-3-27(16(2)18-11-9-17(15-24)10-12-18)22(28)20-13-14-21(30-20)26-23(29)25-19-7-5-4-6-8-19/h4-14,16H,3H2,1-2H3,(H2,25,26,29). The molecule has 0 radical (unpaired) electrons. The fourth-order valence-corrected chi connectivity index (χ4v) is 3.92. The first-order valence-corrected chi connectivity index (χ1v) is 10.4. The lowest BCUT2D eigenvalue weighted by molar-refractivity contribution is 0.0707. The molecule has 2 aromatic carbocycles. The minimum atomic E-state index is -0.361. The molecule has 0 aliphatic rings. The Morgan fingerprint density at radius 3 is 2.37 bits per heavy atom. The summed E-state index contributed by atoms with van der Waals surface area (Å²) in [7, 11) is 0. The fourth-order valence-electron chi connectivity index (χ4n) is 3.07. The Bertz CT molecular complexity index is 1050. The maximum Gasteiger partial charge on any atom is 0.324 e. The van der Waals surface area contributed by atoms with Gasteiger partial charge in [0.15, 0.2) is 0 Å². The zero-order valence-electron chi connectivity index (χ0n) is 16.8. The van der Waals surface area contributed by atoms with Crippen molar-refractivity contribution in [3.63, 3.8) is 0 Å². The number of thiophene rings is 1. The quantitative estimate of drug-likeness (QED) is 0.555. The van der Waals surface area contributed by atoms with E-state index in [1.807, 2.05) is 44.2 Å². The van der Waals surface area contributed by atoms with E-state index in [1.54, 1.807) is 41.3 Å². The number of carbonyl (C=O) groups is 2. The van der Waals surface area contributed by atoms with Gasteiger partial charge in [-0.25, -0.2) is 4.79 Å². The molecule has 1 unspecified atom stereocenters. The van der Waals surface area contributed by atoms with Crippen molar-refractivity contribution < 1.29 is 9.59 Å². The molecule has 0 fully saturated rings. The number of carbonyl (C=O) groups excluding carboxylic acids is 2. The second kappa shape index (κ2) is 9.72. The van der Waals surface area contributed by atoms with Crippen molar-refractivity contribution in [3.05, 3.63) is 82.7 Å². The van der Waals surface area contributed by atoms with Gasteiger partial charge in [0.1, 0.15) is 0 Å². The van der Waals surface area contributed by atoms with Gasteiger partial charge in [0.25, 0.3) is 5.91 Å². The predicted molar refractivity (Wildman–Crippen MR) is 120 cm³/mol. The first-order valence-electron chi connectivity index (χ1n) is 9.55. The Balaban J connectivity index is 1.67. The third kappa shape index (κ3) is 5.04. The van der Waals surface area contributed by atoms with Crippen LogP contribution in [0.5, 0.6) is 0 Å². The number of para-hydroxylation sites is 1. The van der Waals surface area contributed by atoms with Crippen LogP contribution in [0.4, 0.5) is 15.5 Å². The van der Waals surface area contributed by atoms with Crippen molar-refractivity contribution in [2.45, 2.75) is 19.9 Å². The van der Waals surface area contributed by atoms with Crippen molar-refractivity contribution >= 4 is 34.0 Å². The summed E-state index contributed by atoms with van der Waals surface area (Å²) in [6.07, 6.45) is 0. The third-order valence-corrected chi connectivity index (χ3v) is 5.67. The van der Waals surface area contributed by atoms with Crippen LogP contribution in [0, 0.1) is 11.3 Å². The normalized spacial score (nSPS) is 11.2. The highest BCUT2D eigenvalue weighted by atomic mass is 32.1. The van der Waals surface area contributed by atoms with Crippen LogP contribution in [0.3, 0.4) is 0 Å². The van der Waals surface area contributed by atoms with Gasteiger partial charge in [-0.15, -0.1) is 11.3 Å². The Morgan fingerprint density at radius 1 is 1.03 bits per heavy atom. The van der Waals surface area contributed by atoms with E-state index in [0.717, 1.165) is 5.56 Å². The molecule has 30 heavy (non-hydrogen) atoms. The summed E-state index contributed by atoms with van der Waals surface area (Å²) < 4.78 is 0. The average Bonchev–Trinajstić information content (AvgIpc) is 3.23. The number of nitriles is 1. The highest BCUT2D eigenvalue weighted by Crippen LogP contribution is 2.28. The third-order valence-electron chi connectivity index (χ3n) is 4.68. The summed E-state index contributed by atoms with van der Waals surface area (Å²) in [6.45, 7) is 4.43. The molecule has 3 amide bonds. The number of urea groups is 1. The van der Waals surface area contributed by atoms with Gasteiger partial charge in [0, 0.05) is 12.2 Å². The summed E-state index contributed by atoms with van der Waals surface area (Å²) in [5.74, 6) is -0.101. The number of benzene rings is 2. The van der Waals surface area contributed by atoms with Gasteiger partial charge in [-0.2, -0.15) is 5.26 Å². The van der Waals surface area contributed by atoms with Crippen molar-refractivity contribution in [2.24, 2.45) is 0 Å². The number of hydrogen-bond donors (Lipinski definition) is 2. The second-order valence-corrected chi connectivity index (χ2v) is 7.69. The fraction of sp³-hybridized carbons (Fsp3) is 0.174. The topological polar surface area (TPSA) is 85.2 Å². The number of nitrogens with zero attached hydrogens (tertiary/aromatic N) is 2. The Kier molecular flexibility index (Phi) is 6.83. The lowest BCUT2D eigenvalue weighted by Gasteiger charge is -2.28. The van der Waals surface area contributed by atoms with Crippen LogP contribution in [-0.4, -0.2) is 23.4 Å². The molecule has 0 spiro atoms. The molecule has 3 aromatic rings. The number of rotatable bonds is 6. The van der Waals surface area contributed by atoms with Crippen LogP contribution in [0.1, 0.15) is 40.7 Å². The van der Waals surface area contributed by atoms with Gasteiger partial charge in [-0.1, -0.05) is 30.3 Å². The zero-order chi connectivity index (χ0) is 21.5. The first kappa shape index (κ1) is 21.1. The minimum Gasteiger partial charge on any atom is -0.331 e. The summed E-state index contributed by atoms with van der Waals surface area (Å²) in [6, 6.07) is 21.4. The van der Waals surface area contributed by atoms with E-state index in [2.05, 4.69) is 16.7 Å². The van der Waals surface area contributed by atoms with Gasteiger partial charge in [0.05, 0.1) is 27.6 Å². The van der Waals surface area contributed by atoms with Gasteiger partial charge >= 0.3 is 6.03 Å². The van der Waals surface area contributed by atoms with Crippen LogP contribution in [0.25, 0.3) is 0 Å². The lowest BCUT2D eigenvalue weighted by atomic mass is 10.0. The minimum absolute atomic E-state index is 0.101. The zero-order valence-corrected chi connectivity index (χ0v) is 17.6. The largest absolute Gasteiger partial charge is 0.331 e. The van der Waals surface area contributed by atoms with E-state index in [9.17, 15) is 9.59 Å². The number of anilines is 2. The van der Waals surface area contributed by atoms with E-state index in [4.69, 9.17) is 5.26 Å². The maximum absolute atomic E-state index is 13.1. The van der Waals surface area contributed by atoms with Gasteiger partial charge in [-0.3, -0.25) is 10.1 Å². The van der Waals surface area contributed by atoms with Gasteiger partial charge < -0.3 is 10.2 Å². The summed E-state index contributed by atoms with van der Waals surface area (Å²) in [5, 5.41) is 15.1. The van der Waals surface area contributed by atoms with Crippen LogP contribution in [0.15, 0.2) is 66.7 Å². The van der Waals surface area contributed by atoms with Crippen molar-refractivity contribution in [1.29, 1.82) is 5.26 Å². The maximum atomic E-state index is 13.1. The van der Waals surface area contributed by atoms with Crippen LogP contribution >= 0.6 is 11.3 Å². The van der Waals surface area contributed by atoms with Gasteiger partial charge in [0.2, 0.25) is 0 Å². The molecule has 0 saturated heterocycles. The molecule has 0 aliphatic heterocycles. The number of nitrogens with one attached hydrogen (secondary N) is 2. The Hall–Kier alpha value is -3.63. The first-order chi connectivity index (χ1) is 14.5. The van der Waals surface area contributed by atoms with E-state index < -0.39 is 0 Å². The number of hydrogen-bond acceptors (Lipinski definition) is 4. The monoisotopic (exact) mass is 418 g/mol. The smallest absolute Gasteiger partial charge is 0.324 e. The highest BCUT2D eigenvalue weighted by Gasteiger charge is 2.23. The highest BCUT2D eigenvalue weighted by molar-refractivity contribution is 7.18. The molecule has 0 bridgehead atoms. The second-order valence-electron chi connectivity index (χ2n) is 6.61. The number of amides is 3. The van der Waals surface area contributed by atoms with Crippen molar-refractivity contribution in [3.8, 4) is 6.07 Å². The van der Waals surface area contributed by atoms with Crippen LogP contribution < -0.4 is 10.6 Å². The molecule has 152 valence electrons. The van der Waals surface area contributed by atoms with E-state index in [0.29, 0.717) is 27.7 Å². The Labute approximate surface area is 179 Å². The average molecular weight is 419 g/mol. The Morgan fingerprint density at radius 2 is 1.73 bits per heavy atom. The molecule has 0 aliphatic carbocycles. The summed E-state index contributed by atoms with van der Waals surface area (Å²) in [5.41, 5.74) is 2.24. The molecule has 6 nitrogen and oxygen atoms in total. The molecule has 3 rings (SSSR count). The summed E-state index contributed by atoms with van der Waals surface area (Å²) >= 11 is 1.24. The van der Waals surface area contributed by atoms with Gasteiger partial charge in [-0.05, 0) is 55.8 Å². The molecule has 1 aromatic heterocycles. The molecule has 7 heteroatoms. The molecular weight excluding hydrogens is 396 g/mol. The van der Waals surface area contributed by atoms with E-state index >= 15 is 0 Å². The lowest BCUT2D eigenvalue weighted by Crippen LogP contribution is -2.32.